The minimum absolute atomic E-state index is 0.140. The van der Waals surface area contributed by atoms with Crippen LogP contribution in [0.25, 0.3) is 0 Å². The van der Waals surface area contributed by atoms with Gasteiger partial charge in [-0.15, -0.1) is 0 Å². The average molecular weight is 248 g/mol. The first-order chi connectivity index (χ1) is 8.63. The topological polar surface area (TPSA) is 82.3 Å². The molecule has 0 radical (unpaired) electrons. The van der Waals surface area contributed by atoms with Crippen LogP contribution < -0.4 is 10.1 Å². The molecular weight excluding hydrogens is 232 g/mol. The fraction of sp³-hybridized carbons (Fsp3) is 0.385. The summed E-state index contributed by atoms with van der Waals surface area (Å²) in [5, 5.41) is 20.5. The SMILES string of the molecule is CC(O)CCNC(=O)COc1ccccc1C#N. The molecule has 0 saturated carbocycles. The van der Waals surface area contributed by atoms with Gasteiger partial charge in [0.15, 0.2) is 6.61 Å². The van der Waals surface area contributed by atoms with E-state index in [2.05, 4.69) is 5.32 Å². The van der Waals surface area contributed by atoms with Crippen molar-refractivity contribution in [1.82, 2.24) is 5.32 Å². The number of amides is 1. The summed E-state index contributed by atoms with van der Waals surface area (Å²) in [5.74, 6) is 0.120. The lowest BCUT2D eigenvalue weighted by molar-refractivity contribution is -0.123. The van der Waals surface area contributed by atoms with Crippen LogP contribution in [0.1, 0.15) is 18.9 Å². The molecule has 1 atom stereocenters. The molecule has 18 heavy (non-hydrogen) atoms. The molecule has 2 N–H and O–H groups in total. The number of aliphatic hydroxyl groups is 1. The number of hydrogen-bond acceptors (Lipinski definition) is 4. The molecule has 0 saturated heterocycles. The van der Waals surface area contributed by atoms with Crippen molar-refractivity contribution in [3.63, 3.8) is 0 Å². The van der Waals surface area contributed by atoms with Gasteiger partial charge < -0.3 is 15.2 Å². The van der Waals surface area contributed by atoms with Crippen molar-refractivity contribution in [3.8, 4) is 11.8 Å². The van der Waals surface area contributed by atoms with Crippen LogP contribution in [0, 0.1) is 11.3 Å². The number of para-hydroxylation sites is 1. The van der Waals surface area contributed by atoms with Gasteiger partial charge in [-0.1, -0.05) is 12.1 Å². The molecule has 0 fully saturated rings. The summed E-state index contributed by atoms with van der Waals surface area (Å²) in [6.07, 6.45) is 0.0612. The van der Waals surface area contributed by atoms with E-state index >= 15 is 0 Å². The second-order valence-corrected chi connectivity index (χ2v) is 3.88. The number of rotatable bonds is 6. The third-order valence-corrected chi connectivity index (χ3v) is 2.25. The molecule has 1 rings (SSSR count). The quantitative estimate of drug-likeness (QED) is 0.781. The fourth-order valence-electron chi connectivity index (χ4n) is 1.30. The predicted octanol–water partition coefficient (Wildman–Crippen LogP) is 0.824. The van der Waals surface area contributed by atoms with Crippen LogP contribution in [0.15, 0.2) is 24.3 Å². The van der Waals surface area contributed by atoms with Crippen LogP contribution in [0.5, 0.6) is 5.75 Å². The van der Waals surface area contributed by atoms with Gasteiger partial charge in [-0.05, 0) is 25.5 Å². The summed E-state index contributed by atoms with van der Waals surface area (Å²) >= 11 is 0. The Morgan fingerprint density at radius 2 is 2.28 bits per heavy atom. The maximum atomic E-state index is 11.4. The molecule has 0 aliphatic heterocycles. The molecule has 1 aromatic rings. The Kier molecular flexibility index (Phi) is 5.68. The molecule has 1 aromatic carbocycles. The first-order valence-corrected chi connectivity index (χ1v) is 5.70. The Balaban J connectivity index is 2.36. The van der Waals surface area contributed by atoms with Crippen molar-refractivity contribution in [2.24, 2.45) is 0 Å². The van der Waals surface area contributed by atoms with Gasteiger partial charge in [0.25, 0.3) is 5.91 Å². The van der Waals surface area contributed by atoms with E-state index in [1.807, 2.05) is 6.07 Å². The molecule has 0 heterocycles. The van der Waals surface area contributed by atoms with Crippen LogP contribution in [-0.4, -0.2) is 30.3 Å². The lowest BCUT2D eigenvalue weighted by Gasteiger charge is -2.09. The molecule has 1 unspecified atom stereocenters. The van der Waals surface area contributed by atoms with Crippen molar-refractivity contribution in [1.29, 1.82) is 5.26 Å². The highest BCUT2D eigenvalue weighted by Gasteiger charge is 2.06. The highest BCUT2D eigenvalue weighted by Crippen LogP contribution is 2.15. The van der Waals surface area contributed by atoms with E-state index in [0.29, 0.717) is 24.3 Å². The summed E-state index contributed by atoms with van der Waals surface area (Å²) in [7, 11) is 0. The van der Waals surface area contributed by atoms with Crippen molar-refractivity contribution >= 4 is 5.91 Å². The van der Waals surface area contributed by atoms with Gasteiger partial charge in [0.05, 0.1) is 11.7 Å². The first-order valence-electron chi connectivity index (χ1n) is 5.70. The Morgan fingerprint density at radius 3 is 2.94 bits per heavy atom. The summed E-state index contributed by atoms with van der Waals surface area (Å²) in [6.45, 7) is 1.92. The zero-order valence-corrected chi connectivity index (χ0v) is 10.2. The Morgan fingerprint density at radius 1 is 1.56 bits per heavy atom. The van der Waals surface area contributed by atoms with Crippen molar-refractivity contribution in [2.45, 2.75) is 19.4 Å². The minimum Gasteiger partial charge on any atom is -0.482 e. The molecule has 96 valence electrons. The maximum absolute atomic E-state index is 11.4. The second kappa shape index (κ2) is 7.30. The number of ether oxygens (including phenoxy) is 1. The lowest BCUT2D eigenvalue weighted by atomic mass is 10.2. The number of carbonyl (C=O) groups excluding carboxylic acids is 1. The number of benzene rings is 1. The standard InChI is InChI=1S/C13H16N2O3/c1-10(16)6-7-15-13(17)9-18-12-5-3-2-4-11(12)8-14/h2-5,10,16H,6-7,9H2,1H3,(H,15,17). The number of nitriles is 1. The van der Waals surface area contributed by atoms with Gasteiger partial charge in [-0.2, -0.15) is 5.26 Å². The van der Waals surface area contributed by atoms with Crippen LogP contribution in [0.4, 0.5) is 0 Å². The Bertz CT molecular complexity index is 438. The maximum Gasteiger partial charge on any atom is 0.257 e. The van der Waals surface area contributed by atoms with E-state index in [1.165, 1.54) is 0 Å². The van der Waals surface area contributed by atoms with Gasteiger partial charge in [-0.3, -0.25) is 4.79 Å². The fourth-order valence-corrected chi connectivity index (χ4v) is 1.30. The van der Waals surface area contributed by atoms with Gasteiger partial charge in [0.2, 0.25) is 0 Å². The van der Waals surface area contributed by atoms with Crippen LogP contribution in [0.2, 0.25) is 0 Å². The monoisotopic (exact) mass is 248 g/mol. The zero-order chi connectivity index (χ0) is 13.4. The summed E-state index contributed by atoms with van der Waals surface area (Å²) in [4.78, 5) is 11.4. The van der Waals surface area contributed by atoms with E-state index in [1.54, 1.807) is 31.2 Å². The summed E-state index contributed by atoms with van der Waals surface area (Å²) < 4.78 is 5.25. The Labute approximate surface area is 106 Å². The lowest BCUT2D eigenvalue weighted by Crippen LogP contribution is -2.31. The molecule has 0 aliphatic rings. The third-order valence-electron chi connectivity index (χ3n) is 2.25. The molecule has 5 nitrogen and oxygen atoms in total. The smallest absolute Gasteiger partial charge is 0.257 e. The van der Waals surface area contributed by atoms with E-state index < -0.39 is 6.10 Å². The molecule has 0 bridgehead atoms. The summed E-state index contributed by atoms with van der Waals surface area (Å²) in [5.41, 5.74) is 0.397. The van der Waals surface area contributed by atoms with E-state index in [9.17, 15) is 4.79 Å². The third kappa shape index (κ3) is 4.85. The molecule has 0 aliphatic carbocycles. The largest absolute Gasteiger partial charge is 0.482 e. The number of nitrogens with one attached hydrogen (secondary N) is 1. The van der Waals surface area contributed by atoms with Gasteiger partial charge in [-0.25, -0.2) is 0 Å². The van der Waals surface area contributed by atoms with Gasteiger partial charge >= 0.3 is 0 Å². The number of nitrogens with zero attached hydrogens (tertiary/aromatic N) is 1. The number of carbonyl (C=O) groups is 1. The van der Waals surface area contributed by atoms with E-state index in [4.69, 9.17) is 15.1 Å². The van der Waals surface area contributed by atoms with Gasteiger partial charge in [0, 0.05) is 6.54 Å². The average Bonchev–Trinajstić information content (AvgIpc) is 2.36. The van der Waals surface area contributed by atoms with Crippen molar-refractivity contribution < 1.29 is 14.6 Å². The molecule has 5 heteroatoms. The number of aliphatic hydroxyl groups excluding tert-OH is 1. The van der Waals surface area contributed by atoms with E-state index in [-0.39, 0.29) is 12.5 Å². The van der Waals surface area contributed by atoms with Crippen molar-refractivity contribution in [3.05, 3.63) is 29.8 Å². The molecular formula is C13H16N2O3. The van der Waals surface area contributed by atoms with E-state index in [0.717, 1.165) is 0 Å². The van der Waals surface area contributed by atoms with Crippen LogP contribution in [0.3, 0.4) is 0 Å². The van der Waals surface area contributed by atoms with Crippen LogP contribution >= 0.6 is 0 Å². The zero-order valence-electron chi connectivity index (χ0n) is 10.2. The van der Waals surface area contributed by atoms with Gasteiger partial charge in [0.1, 0.15) is 11.8 Å². The molecule has 1 amide bonds. The highest BCUT2D eigenvalue weighted by atomic mass is 16.5. The highest BCUT2D eigenvalue weighted by molar-refractivity contribution is 5.77. The Hall–Kier alpha value is -2.06. The summed E-state index contributed by atoms with van der Waals surface area (Å²) in [6, 6.07) is 8.72. The second-order valence-electron chi connectivity index (χ2n) is 3.88. The predicted molar refractivity (Wildman–Crippen MR) is 66.0 cm³/mol. The first kappa shape index (κ1) is 14.0. The minimum atomic E-state index is -0.439. The van der Waals surface area contributed by atoms with Crippen LogP contribution in [-0.2, 0) is 4.79 Å². The normalized spacial score (nSPS) is 11.4. The molecule has 0 aromatic heterocycles. The molecule has 0 spiro atoms. The van der Waals surface area contributed by atoms with Crippen molar-refractivity contribution in [2.75, 3.05) is 13.2 Å². The number of hydrogen-bond donors (Lipinski definition) is 2.